The van der Waals surface area contributed by atoms with E-state index in [1.54, 1.807) is 53.0 Å². The van der Waals surface area contributed by atoms with Crippen LogP contribution in [0.5, 0.6) is 5.75 Å². The van der Waals surface area contributed by atoms with Crippen LogP contribution < -0.4 is 4.74 Å². The first kappa shape index (κ1) is 15.1. The third-order valence-corrected chi connectivity index (χ3v) is 3.15. The standard InChI is InChI=1S/C16H19NO4/c1-10-13(9-18)12-8-11(20-5)6-7-14(12)17(10)15(19)21-16(2,3)4/h6-9H,1-5H3. The topological polar surface area (TPSA) is 57.5 Å². The second-order valence-electron chi connectivity index (χ2n) is 5.82. The number of aldehydes is 1. The molecule has 5 nitrogen and oxygen atoms in total. The Kier molecular flexibility index (Phi) is 3.77. The number of methoxy groups -OCH3 is 1. The molecule has 0 aliphatic heterocycles. The maximum Gasteiger partial charge on any atom is 0.419 e. The van der Waals surface area contributed by atoms with Crippen molar-refractivity contribution in [3.05, 3.63) is 29.5 Å². The average Bonchev–Trinajstić information content (AvgIpc) is 2.67. The molecule has 0 spiro atoms. The molecule has 0 aliphatic carbocycles. The van der Waals surface area contributed by atoms with Gasteiger partial charge in [-0.1, -0.05) is 0 Å². The molecule has 0 unspecified atom stereocenters. The first-order chi connectivity index (χ1) is 9.78. The first-order valence-electron chi connectivity index (χ1n) is 6.66. The molecule has 0 fully saturated rings. The van der Waals surface area contributed by atoms with E-state index in [0.29, 0.717) is 27.9 Å². The van der Waals surface area contributed by atoms with Crippen molar-refractivity contribution in [2.75, 3.05) is 7.11 Å². The molecule has 0 saturated carbocycles. The zero-order valence-electron chi connectivity index (χ0n) is 12.9. The van der Waals surface area contributed by atoms with Gasteiger partial charge in [0.15, 0.2) is 6.29 Å². The van der Waals surface area contributed by atoms with Crippen LogP contribution in [0.1, 0.15) is 36.8 Å². The van der Waals surface area contributed by atoms with E-state index in [0.717, 1.165) is 6.29 Å². The van der Waals surface area contributed by atoms with Crippen LogP contribution in [0.25, 0.3) is 10.9 Å². The van der Waals surface area contributed by atoms with Crippen LogP contribution in [0.15, 0.2) is 18.2 Å². The summed E-state index contributed by atoms with van der Waals surface area (Å²) < 4.78 is 12.0. The van der Waals surface area contributed by atoms with Crippen LogP contribution in [0, 0.1) is 6.92 Å². The summed E-state index contributed by atoms with van der Waals surface area (Å²) in [5.41, 5.74) is 1.05. The molecular weight excluding hydrogens is 270 g/mol. The van der Waals surface area contributed by atoms with Crippen molar-refractivity contribution in [3.63, 3.8) is 0 Å². The van der Waals surface area contributed by atoms with E-state index >= 15 is 0 Å². The minimum Gasteiger partial charge on any atom is -0.497 e. The lowest BCUT2D eigenvalue weighted by molar-refractivity contribution is 0.0541. The van der Waals surface area contributed by atoms with Crippen molar-refractivity contribution in [2.45, 2.75) is 33.3 Å². The lowest BCUT2D eigenvalue weighted by Crippen LogP contribution is -2.27. The molecule has 2 rings (SSSR count). The molecule has 21 heavy (non-hydrogen) atoms. The van der Waals surface area contributed by atoms with Gasteiger partial charge in [-0.2, -0.15) is 0 Å². The van der Waals surface area contributed by atoms with E-state index in [9.17, 15) is 9.59 Å². The molecule has 1 aromatic heterocycles. The maximum atomic E-state index is 12.4. The fourth-order valence-electron chi connectivity index (χ4n) is 2.24. The monoisotopic (exact) mass is 289 g/mol. The third kappa shape index (κ3) is 2.77. The molecule has 0 radical (unpaired) electrons. The number of carbonyl (C=O) groups is 2. The Labute approximate surface area is 123 Å². The van der Waals surface area contributed by atoms with Crippen LogP contribution >= 0.6 is 0 Å². The van der Waals surface area contributed by atoms with Gasteiger partial charge in [-0.05, 0) is 45.9 Å². The zero-order chi connectivity index (χ0) is 15.8. The van der Waals surface area contributed by atoms with E-state index in [1.807, 2.05) is 0 Å². The van der Waals surface area contributed by atoms with Gasteiger partial charge in [0.25, 0.3) is 0 Å². The Morgan fingerprint density at radius 3 is 2.48 bits per heavy atom. The van der Waals surface area contributed by atoms with Gasteiger partial charge < -0.3 is 9.47 Å². The number of ether oxygens (including phenoxy) is 2. The van der Waals surface area contributed by atoms with Gasteiger partial charge in [0, 0.05) is 16.6 Å². The van der Waals surface area contributed by atoms with Crippen molar-refractivity contribution < 1.29 is 19.1 Å². The molecule has 0 N–H and O–H groups in total. The molecule has 5 heteroatoms. The van der Waals surface area contributed by atoms with E-state index in [2.05, 4.69) is 0 Å². The number of rotatable bonds is 2. The van der Waals surface area contributed by atoms with Crippen LogP contribution in [0.4, 0.5) is 4.79 Å². The SMILES string of the molecule is COc1ccc2c(c1)c(C=O)c(C)n2C(=O)OC(C)(C)C. The van der Waals surface area contributed by atoms with Gasteiger partial charge in [0.2, 0.25) is 0 Å². The highest BCUT2D eigenvalue weighted by Crippen LogP contribution is 2.29. The molecule has 112 valence electrons. The summed E-state index contributed by atoms with van der Waals surface area (Å²) >= 11 is 0. The van der Waals surface area contributed by atoms with Crippen LogP contribution in [0.2, 0.25) is 0 Å². The molecule has 0 atom stereocenters. The van der Waals surface area contributed by atoms with Crippen LogP contribution in [-0.4, -0.2) is 29.7 Å². The van der Waals surface area contributed by atoms with Gasteiger partial charge >= 0.3 is 6.09 Å². The van der Waals surface area contributed by atoms with E-state index in [-0.39, 0.29) is 0 Å². The number of aromatic nitrogens is 1. The Hall–Kier alpha value is -2.30. The second kappa shape index (κ2) is 5.24. The number of fused-ring (bicyclic) bond motifs is 1. The number of carbonyl (C=O) groups excluding carboxylic acids is 2. The Morgan fingerprint density at radius 1 is 1.29 bits per heavy atom. The molecule has 0 bridgehead atoms. The van der Waals surface area contributed by atoms with Gasteiger partial charge in [0.05, 0.1) is 12.6 Å². The molecule has 2 aromatic rings. The van der Waals surface area contributed by atoms with Crippen molar-refractivity contribution >= 4 is 23.3 Å². The van der Waals surface area contributed by atoms with Crippen LogP contribution in [0.3, 0.4) is 0 Å². The predicted molar refractivity (Wildman–Crippen MR) is 80.2 cm³/mol. The fraction of sp³-hybridized carbons (Fsp3) is 0.375. The smallest absolute Gasteiger partial charge is 0.419 e. The van der Waals surface area contributed by atoms with Gasteiger partial charge in [0.1, 0.15) is 11.4 Å². The van der Waals surface area contributed by atoms with Crippen molar-refractivity contribution in [3.8, 4) is 5.75 Å². The maximum absolute atomic E-state index is 12.4. The molecule has 0 saturated heterocycles. The second-order valence-corrected chi connectivity index (χ2v) is 5.82. The van der Waals surface area contributed by atoms with E-state index < -0.39 is 11.7 Å². The van der Waals surface area contributed by atoms with Gasteiger partial charge in [-0.15, -0.1) is 0 Å². The quantitative estimate of drug-likeness (QED) is 0.793. The zero-order valence-corrected chi connectivity index (χ0v) is 12.9. The summed E-state index contributed by atoms with van der Waals surface area (Å²) in [4.78, 5) is 23.7. The highest BCUT2D eigenvalue weighted by Gasteiger charge is 2.23. The Balaban J connectivity index is 2.66. The van der Waals surface area contributed by atoms with Crippen LogP contribution in [-0.2, 0) is 4.74 Å². The molecule has 0 aliphatic rings. The lowest BCUT2D eigenvalue weighted by Gasteiger charge is -2.20. The Bertz CT molecular complexity index is 707. The highest BCUT2D eigenvalue weighted by atomic mass is 16.6. The largest absolute Gasteiger partial charge is 0.497 e. The first-order valence-corrected chi connectivity index (χ1v) is 6.66. The van der Waals surface area contributed by atoms with E-state index in [4.69, 9.17) is 9.47 Å². The molecule has 1 aromatic carbocycles. The average molecular weight is 289 g/mol. The lowest BCUT2D eigenvalue weighted by atomic mass is 10.1. The summed E-state index contributed by atoms with van der Waals surface area (Å²) in [5, 5.41) is 0.674. The summed E-state index contributed by atoms with van der Waals surface area (Å²) in [7, 11) is 1.56. The summed E-state index contributed by atoms with van der Waals surface area (Å²) in [5.74, 6) is 0.631. The number of nitrogens with zero attached hydrogens (tertiary/aromatic N) is 1. The molecule has 0 amide bonds. The van der Waals surface area contributed by atoms with E-state index in [1.165, 1.54) is 4.57 Å². The minimum absolute atomic E-state index is 0.467. The molecular formula is C16H19NO4. The Morgan fingerprint density at radius 2 is 1.95 bits per heavy atom. The highest BCUT2D eigenvalue weighted by molar-refractivity contribution is 6.03. The minimum atomic E-state index is -0.603. The number of hydrogen-bond donors (Lipinski definition) is 0. The number of benzene rings is 1. The summed E-state index contributed by atoms with van der Waals surface area (Å²) in [6, 6.07) is 5.24. The normalized spacial score (nSPS) is 11.5. The van der Waals surface area contributed by atoms with Crippen molar-refractivity contribution in [1.29, 1.82) is 0 Å². The van der Waals surface area contributed by atoms with Gasteiger partial charge in [-0.25, -0.2) is 9.36 Å². The molecule has 1 heterocycles. The van der Waals surface area contributed by atoms with Gasteiger partial charge in [-0.3, -0.25) is 4.79 Å². The fourth-order valence-corrected chi connectivity index (χ4v) is 2.24. The summed E-state index contributed by atoms with van der Waals surface area (Å²) in [6.07, 6.45) is 0.251. The predicted octanol–water partition coefficient (Wildman–Crippen LogP) is 3.55. The third-order valence-electron chi connectivity index (χ3n) is 3.15. The number of hydrogen-bond acceptors (Lipinski definition) is 4. The van der Waals surface area contributed by atoms with Crippen molar-refractivity contribution in [1.82, 2.24) is 4.57 Å². The van der Waals surface area contributed by atoms with Crippen molar-refractivity contribution in [2.24, 2.45) is 0 Å². The summed E-state index contributed by atoms with van der Waals surface area (Å²) in [6.45, 7) is 7.13.